The molecule has 3 rings (SSSR count). The van der Waals surface area contributed by atoms with Gasteiger partial charge in [0.2, 0.25) is 0 Å². The smallest absolute Gasteiger partial charge is 0.123 e. The molecule has 112 valence electrons. The van der Waals surface area contributed by atoms with E-state index in [9.17, 15) is 0 Å². The summed E-state index contributed by atoms with van der Waals surface area (Å²) in [4.78, 5) is 0. The first-order valence-electron chi connectivity index (χ1n) is 7.79. The van der Waals surface area contributed by atoms with Crippen molar-refractivity contribution in [2.45, 2.75) is 26.9 Å². The molecule has 0 amide bonds. The van der Waals surface area contributed by atoms with E-state index in [1.54, 1.807) is 0 Å². The third-order valence-electron chi connectivity index (χ3n) is 3.98. The van der Waals surface area contributed by atoms with Crippen LogP contribution in [0.25, 0.3) is 5.57 Å². The standard InChI is InChI=1S/C21H22O/c1-21(2)14-13-20(22-16-17-9-5-3-6-10-17)19(15-21)18-11-7-4-8-12-18/h3-14H,15-16H2,1-2H3. The molecule has 0 N–H and O–H groups in total. The van der Waals surface area contributed by atoms with E-state index in [0.717, 1.165) is 12.2 Å². The molecule has 0 bridgehead atoms. The molecule has 0 atom stereocenters. The molecule has 2 aromatic carbocycles. The van der Waals surface area contributed by atoms with Gasteiger partial charge in [0.1, 0.15) is 12.4 Å². The molecule has 0 spiro atoms. The minimum atomic E-state index is 0.171. The van der Waals surface area contributed by atoms with Gasteiger partial charge in [-0.3, -0.25) is 0 Å². The van der Waals surface area contributed by atoms with E-state index in [4.69, 9.17) is 4.74 Å². The van der Waals surface area contributed by atoms with Crippen molar-refractivity contribution in [2.24, 2.45) is 5.41 Å². The zero-order valence-electron chi connectivity index (χ0n) is 13.3. The predicted molar refractivity (Wildman–Crippen MR) is 92.1 cm³/mol. The maximum atomic E-state index is 6.12. The lowest BCUT2D eigenvalue weighted by Crippen LogP contribution is -2.14. The van der Waals surface area contributed by atoms with Gasteiger partial charge in [0.05, 0.1) is 0 Å². The van der Waals surface area contributed by atoms with Crippen molar-refractivity contribution >= 4 is 5.57 Å². The number of benzene rings is 2. The minimum Gasteiger partial charge on any atom is -0.489 e. The highest BCUT2D eigenvalue weighted by atomic mass is 16.5. The van der Waals surface area contributed by atoms with Crippen LogP contribution in [0.15, 0.2) is 78.6 Å². The molecular weight excluding hydrogens is 268 g/mol. The highest BCUT2D eigenvalue weighted by Gasteiger charge is 2.24. The summed E-state index contributed by atoms with van der Waals surface area (Å²) in [7, 11) is 0. The number of allylic oxidation sites excluding steroid dienone is 3. The van der Waals surface area contributed by atoms with Crippen LogP contribution >= 0.6 is 0 Å². The zero-order chi connectivity index (χ0) is 15.4. The summed E-state index contributed by atoms with van der Waals surface area (Å²) >= 11 is 0. The molecule has 0 aliphatic heterocycles. The Morgan fingerprint density at radius 2 is 1.55 bits per heavy atom. The maximum Gasteiger partial charge on any atom is 0.123 e. The van der Waals surface area contributed by atoms with Crippen LogP contribution in [0.5, 0.6) is 0 Å². The van der Waals surface area contributed by atoms with Crippen LogP contribution in [-0.2, 0) is 11.3 Å². The first-order chi connectivity index (χ1) is 10.6. The molecule has 0 aromatic heterocycles. The van der Waals surface area contributed by atoms with Gasteiger partial charge in [-0.05, 0) is 29.0 Å². The summed E-state index contributed by atoms with van der Waals surface area (Å²) in [6, 6.07) is 20.9. The Labute approximate surface area is 133 Å². The Bertz CT molecular complexity index is 678. The van der Waals surface area contributed by atoms with Gasteiger partial charge in [-0.15, -0.1) is 0 Å². The van der Waals surface area contributed by atoms with Gasteiger partial charge in [-0.25, -0.2) is 0 Å². The van der Waals surface area contributed by atoms with E-state index in [2.05, 4.69) is 68.5 Å². The summed E-state index contributed by atoms with van der Waals surface area (Å²) in [6.45, 7) is 5.14. The van der Waals surface area contributed by atoms with E-state index in [1.807, 2.05) is 18.2 Å². The summed E-state index contributed by atoms with van der Waals surface area (Å²) in [6.07, 6.45) is 5.38. The Hall–Kier alpha value is -2.28. The molecule has 0 saturated heterocycles. The zero-order valence-corrected chi connectivity index (χ0v) is 13.3. The molecule has 0 radical (unpaired) electrons. The predicted octanol–water partition coefficient (Wildman–Crippen LogP) is 5.60. The van der Waals surface area contributed by atoms with Crippen molar-refractivity contribution in [1.29, 1.82) is 0 Å². The third-order valence-corrected chi connectivity index (χ3v) is 3.98. The lowest BCUT2D eigenvalue weighted by Gasteiger charge is -2.28. The van der Waals surface area contributed by atoms with Crippen molar-refractivity contribution in [3.8, 4) is 0 Å². The number of ether oxygens (including phenoxy) is 1. The quantitative estimate of drug-likeness (QED) is 0.712. The van der Waals surface area contributed by atoms with Crippen LogP contribution in [0, 0.1) is 5.41 Å². The first-order valence-corrected chi connectivity index (χ1v) is 7.79. The van der Waals surface area contributed by atoms with Crippen LogP contribution in [0.2, 0.25) is 0 Å². The number of rotatable bonds is 4. The molecular formula is C21H22O. The fourth-order valence-electron chi connectivity index (χ4n) is 2.76. The van der Waals surface area contributed by atoms with Crippen molar-refractivity contribution in [3.63, 3.8) is 0 Å². The van der Waals surface area contributed by atoms with Crippen molar-refractivity contribution in [1.82, 2.24) is 0 Å². The van der Waals surface area contributed by atoms with E-state index in [0.29, 0.717) is 6.61 Å². The van der Waals surface area contributed by atoms with Crippen LogP contribution < -0.4 is 0 Å². The second-order valence-electron chi connectivity index (χ2n) is 6.48. The van der Waals surface area contributed by atoms with Gasteiger partial charge in [0.25, 0.3) is 0 Å². The fourth-order valence-corrected chi connectivity index (χ4v) is 2.76. The molecule has 1 aliphatic rings. The molecule has 2 aromatic rings. The van der Waals surface area contributed by atoms with E-state index in [-0.39, 0.29) is 5.41 Å². The topological polar surface area (TPSA) is 9.23 Å². The Kier molecular flexibility index (Phi) is 4.15. The molecule has 0 saturated carbocycles. The lowest BCUT2D eigenvalue weighted by molar-refractivity contribution is 0.208. The molecule has 0 unspecified atom stereocenters. The van der Waals surface area contributed by atoms with Crippen LogP contribution in [0.4, 0.5) is 0 Å². The molecule has 0 fully saturated rings. The summed E-state index contributed by atoms with van der Waals surface area (Å²) in [5.41, 5.74) is 3.91. The summed E-state index contributed by atoms with van der Waals surface area (Å²) in [5, 5.41) is 0. The van der Waals surface area contributed by atoms with Crippen molar-refractivity contribution < 1.29 is 4.74 Å². The second-order valence-corrected chi connectivity index (χ2v) is 6.48. The summed E-state index contributed by atoms with van der Waals surface area (Å²) in [5.74, 6) is 0.995. The van der Waals surface area contributed by atoms with Gasteiger partial charge in [0, 0.05) is 5.57 Å². The highest BCUT2D eigenvalue weighted by molar-refractivity contribution is 5.71. The van der Waals surface area contributed by atoms with Crippen molar-refractivity contribution in [2.75, 3.05) is 0 Å². The highest BCUT2D eigenvalue weighted by Crippen LogP contribution is 2.39. The molecule has 22 heavy (non-hydrogen) atoms. The SMILES string of the molecule is CC1(C)C=CC(OCc2ccccc2)=C(c2ccccc2)C1. The Balaban J connectivity index is 1.87. The van der Waals surface area contributed by atoms with E-state index >= 15 is 0 Å². The van der Waals surface area contributed by atoms with E-state index in [1.165, 1.54) is 16.7 Å². The normalized spacial score (nSPS) is 16.6. The second kappa shape index (κ2) is 6.23. The molecule has 1 heteroatoms. The van der Waals surface area contributed by atoms with Gasteiger partial charge in [0.15, 0.2) is 0 Å². The lowest BCUT2D eigenvalue weighted by atomic mass is 9.79. The van der Waals surface area contributed by atoms with Gasteiger partial charge in [-0.2, -0.15) is 0 Å². The Morgan fingerprint density at radius 3 is 2.23 bits per heavy atom. The van der Waals surface area contributed by atoms with Crippen molar-refractivity contribution in [3.05, 3.63) is 89.7 Å². The van der Waals surface area contributed by atoms with Crippen LogP contribution in [0.3, 0.4) is 0 Å². The average Bonchev–Trinajstić information content (AvgIpc) is 2.55. The third kappa shape index (κ3) is 3.48. The number of hydrogen-bond acceptors (Lipinski definition) is 1. The van der Waals surface area contributed by atoms with E-state index < -0.39 is 0 Å². The molecule has 0 heterocycles. The molecule has 1 aliphatic carbocycles. The summed E-state index contributed by atoms with van der Waals surface area (Å²) < 4.78 is 6.12. The van der Waals surface area contributed by atoms with Gasteiger partial charge in [-0.1, -0.05) is 80.6 Å². The monoisotopic (exact) mass is 290 g/mol. The van der Waals surface area contributed by atoms with Crippen LogP contribution in [0.1, 0.15) is 31.4 Å². The molecule has 1 nitrogen and oxygen atoms in total. The largest absolute Gasteiger partial charge is 0.489 e. The minimum absolute atomic E-state index is 0.171. The maximum absolute atomic E-state index is 6.12. The Morgan fingerprint density at radius 1 is 0.909 bits per heavy atom. The van der Waals surface area contributed by atoms with Crippen LogP contribution in [-0.4, -0.2) is 0 Å². The first kappa shape index (κ1) is 14.6. The van der Waals surface area contributed by atoms with Gasteiger partial charge >= 0.3 is 0 Å². The average molecular weight is 290 g/mol. The fraction of sp³-hybridized carbons (Fsp3) is 0.238. The van der Waals surface area contributed by atoms with Gasteiger partial charge < -0.3 is 4.74 Å². The number of hydrogen-bond donors (Lipinski definition) is 0.